The summed E-state index contributed by atoms with van der Waals surface area (Å²) in [6.07, 6.45) is 5.55. The standard InChI is InChI=1S/C24H30N4O3/c29-21-19-15-17-5-3-12-28(17)24(19)18-6-1-2-7-20(18)27(23(24)31)14-13-26(11-4-10-25-21)22(30)16-8-9-16/h1-2,6-7,16-17,19H,3-5,8-15H2,(H,25,29)/t17-,19-,24+/m0/s1. The zero-order valence-electron chi connectivity index (χ0n) is 17.9. The summed E-state index contributed by atoms with van der Waals surface area (Å²) in [5.41, 5.74) is 0.992. The van der Waals surface area contributed by atoms with Crippen molar-refractivity contribution in [3.63, 3.8) is 0 Å². The zero-order valence-corrected chi connectivity index (χ0v) is 17.9. The molecule has 1 spiro atoms. The Kier molecular flexibility index (Phi) is 4.39. The third kappa shape index (κ3) is 2.71. The van der Waals surface area contributed by atoms with Gasteiger partial charge in [-0.2, -0.15) is 0 Å². The molecule has 3 atom stereocenters. The number of amides is 3. The van der Waals surface area contributed by atoms with Crippen LogP contribution in [-0.2, 0) is 19.9 Å². The Morgan fingerprint density at radius 1 is 1.00 bits per heavy atom. The summed E-state index contributed by atoms with van der Waals surface area (Å²) in [4.78, 5) is 46.6. The average molecular weight is 423 g/mol. The number of rotatable bonds is 1. The van der Waals surface area contributed by atoms with Crippen molar-refractivity contribution in [2.45, 2.75) is 50.1 Å². The predicted molar refractivity (Wildman–Crippen MR) is 115 cm³/mol. The second-order valence-electron chi connectivity index (χ2n) is 9.76. The van der Waals surface area contributed by atoms with Crippen molar-refractivity contribution in [1.29, 1.82) is 0 Å². The van der Waals surface area contributed by atoms with Gasteiger partial charge in [0.05, 0.1) is 5.92 Å². The van der Waals surface area contributed by atoms with Gasteiger partial charge in [-0.25, -0.2) is 0 Å². The number of nitrogens with zero attached hydrogens (tertiary/aromatic N) is 3. The molecular formula is C24H30N4O3. The number of hydrogen-bond donors (Lipinski definition) is 1. The fraction of sp³-hybridized carbons (Fsp3) is 0.625. The van der Waals surface area contributed by atoms with E-state index in [-0.39, 0.29) is 35.6 Å². The minimum absolute atomic E-state index is 0.0138. The highest BCUT2D eigenvalue weighted by Gasteiger charge is 2.67. The molecule has 4 aliphatic heterocycles. The molecule has 2 bridgehead atoms. The van der Waals surface area contributed by atoms with Crippen LogP contribution >= 0.6 is 0 Å². The fourth-order valence-corrected chi connectivity index (χ4v) is 6.53. The molecule has 1 aliphatic carbocycles. The van der Waals surface area contributed by atoms with E-state index in [9.17, 15) is 14.4 Å². The van der Waals surface area contributed by atoms with Gasteiger partial charge >= 0.3 is 0 Å². The maximum atomic E-state index is 14.2. The minimum atomic E-state index is -0.896. The Morgan fingerprint density at radius 2 is 1.84 bits per heavy atom. The van der Waals surface area contributed by atoms with Gasteiger partial charge < -0.3 is 15.1 Å². The Hall–Kier alpha value is -2.41. The third-order valence-corrected chi connectivity index (χ3v) is 8.07. The van der Waals surface area contributed by atoms with E-state index < -0.39 is 5.54 Å². The van der Waals surface area contributed by atoms with E-state index >= 15 is 0 Å². The lowest BCUT2D eigenvalue weighted by Crippen LogP contribution is -2.57. The molecule has 4 heterocycles. The molecule has 4 fully saturated rings. The molecule has 1 saturated carbocycles. The van der Waals surface area contributed by atoms with E-state index in [1.54, 1.807) is 0 Å². The van der Waals surface area contributed by atoms with Crippen molar-refractivity contribution < 1.29 is 14.4 Å². The van der Waals surface area contributed by atoms with Crippen LogP contribution in [0.2, 0.25) is 0 Å². The number of nitrogens with one attached hydrogen (secondary N) is 1. The SMILES string of the molecule is O=C1NCCCN(C(=O)C2CC2)CCN2C(=O)[C@@]3(c4ccccc42)[C@H]1C[C@@H]1CCCN13. The van der Waals surface area contributed by atoms with E-state index in [1.165, 1.54) is 0 Å². The summed E-state index contributed by atoms with van der Waals surface area (Å²) < 4.78 is 0. The zero-order chi connectivity index (χ0) is 21.2. The maximum absolute atomic E-state index is 14.2. The molecule has 3 amide bonds. The Bertz CT molecular complexity index is 945. The summed E-state index contributed by atoms with van der Waals surface area (Å²) >= 11 is 0. The van der Waals surface area contributed by atoms with Gasteiger partial charge in [-0.15, -0.1) is 0 Å². The fourth-order valence-electron chi connectivity index (χ4n) is 6.53. The van der Waals surface area contributed by atoms with Crippen molar-refractivity contribution >= 4 is 23.4 Å². The first kappa shape index (κ1) is 19.3. The second kappa shape index (κ2) is 7.05. The number of para-hydroxylation sites is 1. The van der Waals surface area contributed by atoms with Crippen molar-refractivity contribution in [2.75, 3.05) is 37.6 Å². The number of fused-ring (bicyclic) bond motifs is 4. The molecule has 6 rings (SSSR count). The van der Waals surface area contributed by atoms with E-state index in [1.807, 2.05) is 34.1 Å². The molecule has 164 valence electrons. The van der Waals surface area contributed by atoms with Crippen molar-refractivity contribution in [2.24, 2.45) is 11.8 Å². The molecule has 0 unspecified atom stereocenters. The van der Waals surface area contributed by atoms with Gasteiger partial charge in [-0.05, 0) is 51.1 Å². The minimum Gasteiger partial charge on any atom is -0.356 e. The molecule has 31 heavy (non-hydrogen) atoms. The van der Waals surface area contributed by atoms with E-state index in [4.69, 9.17) is 0 Å². The van der Waals surface area contributed by atoms with Gasteiger partial charge in [0.1, 0.15) is 5.54 Å². The number of benzene rings is 1. The first-order valence-electron chi connectivity index (χ1n) is 11.9. The molecule has 0 aromatic heterocycles. The van der Waals surface area contributed by atoms with E-state index in [0.29, 0.717) is 26.2 Å². The smallest absolute Gasteiger partial charge is 0.253 e. The maximum Gasteiger partial charge on any atom is 0.253 e. The molecule has 1 aromatic carbocycles. The first-order valence-corrected chi connectivity index (χ1v) is 11.9. The molecule has 7 heteroatoms. The van der Waals surface area contributed by atoms with Gasteiger partial charge in [0, 0.05) is 49.4 Å². The lowest BCUT2D eigenvalue weighted by molar-refractivity contribution is -0.139. The van der Waals surface area contributed by atoms with Gasteiger partial charge in [0.2, 0.25) is 11.8 Å². The molecule has 1 N–H and O–H groups in total. The number of hydrogen-bond acceptors (Lipinski definition) is 4. The number of anilines is 1. The van der Waals surface area contributed by atoms with Crippen LogP contribution in [-0.4, -0.2) is 66.3 Å². The van der Waals surface area contributed by atoms with Crippen LogP contribution in [0.1, 0.15) is 44.1 Å². The van der Waals surface area contributed by atoms with Gasteiger partial charge in [-0.1, -0.05) is 18.2 Å². The lowest BCUT2D eigenvalue weighted by Gasteiger charge is -2.38. The monoisotopic (exact) mass is 422 g/mol. The topological polar surface area (TPSA) is 73.0 Å². The van der Waals surface area contributed by atoms with E-state index in [0.717, 1.165) is 56.3 Å². The Balaban J connectivity index is 1.43. The lowest BCUT2D eigenvalue weighted by atomic mass is 9.78. The average Bonchev–Trinajstić information content (AvgIpc) is 3.36. The molecule has 1 aromatic rings. The summed E-state index contributed by atoms with van der Waals surface area (Å²) in [5.74, 6) is 0.00845. The normalized spacial score (nSPS) is 33.3. The van der Waals surface area contributed by atoms with Crippen LogP contribution < -0.4 is 10.2 Å². The Morgan fingerprint density at radius 3 is 2.68 bits per heavy atom. The Labute approximate surface area is 182 Å². The molecular weight excluding hydrogens is 392 g/mol. The van der Waals surface area contributed by atoms with Gasteiger partial charge in [0.15, 0.2) is 0 Å². The van der Waals surface area contributed by atoms with Crippen molar-refractivity contribution in [3.05, 3.63) is 29.8 Å². The van der Waals surface area contributed by atoms with Crippen LogP contribution in [0, 0.1) is 11.8 Å². The largest absolute Gasteiger partial charge is 0.356 e. The summed E-state index contributed by atoms with van der Waals surface area (Å²) in [6, 6.07) is 8.28. The molecule has 5 aliphatic rings. The highest BCUT2D eigenvalue weighted by atomic mass is 16.2. The number of carbonyl (C=O) groups excluding carboxylic acids is 3. The van der Waals surface area contributed by atoms with Crippen LogP contribution in [0.3, 0.4) is 0 Å². The summed E-state index contributed by atoms with van der Waals surface area (Å²) in [7, 11) is 0. The van der Waals surface area contributed by atoms with Gasteiger partial charge in [0.25, 0.3) is 5.91 Å². The first-order chi connectivity index (χ1) is 15.1. The van der Waals surface area contributed by atoms with Crippen LogP contribution in [0.4, 0.5) is 5.69 Å². The predicted octanol–water partition coefficient (Wildman–Crippen LogP) is 1.47. The van der Waals surface area contributed by atoms with Crippen LogP contribution in [0.5, 0.6) is 0 Å². The quantitative estimate of drug-likeness (QED) is 0.744. The summed E-state index contributed by atoms with van der Waals surface area (Å²) in [5, 5.41) is 3.12. The molecule has 7 nitrogen and oxygen atoms in total. The van der Waals surface area contributed by atoms with Crippen molar-refractivity contribution in [1.82, 2.24) is 15.1 Å². The number of carbonyl (C=O) groups is 3. The van der Waals surface area contributed by atoms with Crippen LogP contribution in [0.25, 0.3) is 0 Å². The van der Waals surface area contributed by atoms with E-state index in [2.05, 4.69) is 10.2 Å². The second-order valence-corrected chi connectivity index (χ2v) is 9.76. The van der Waals surface area contributed by atoms with Crippen molar-refractivity contribution in [3.8, 4) is 0 Å². The third-order valence-electron chi connectivity index (χ3n) is 8.07. The summed E-state index contributed by atoms with van der Waals surface area (Å²) in [6.45, 7) is 3.07. The van der Waals surface area contributed by atoms with Gasteiger partial charge in [-0.3, -0.25) is 19.3 Å². The highest BCUT2D eigenvalue weighted by molar-refractivity contribution is 6.11. The highest BCUT2D eigenvalue weighted by Crippen LogP contribution is 2.57. The molecule has 0 radical (unpaired) electrons. The van der Waals surface area contributed by atoms with Crippen LogP contribution in [0.15, 0.2) is 24.3 Å². The molecule has 3 saturated heterocycles.